The van der Waals surface area contributed by atoms with Crippen LogP contribution in [0, 0.1) is 11.8 Å². The summed E-state index contributed by atoms with van der Waals surface area (Å²) in [5, 5.41) is 0. The Labute approximate surface area is 78.6 Å². The third-order valence-corrected chi connectivity index (χ3v) is 4.42. The first-order valence-electron chi connectivity index (χ1n) is 5.73. The third kappa shape index (κ3) is 1.02. The molecule has 2 aliphatic heterocycles. The SMILES string of the molecule is C1CC2OC2C1CC1CCC2OC12. The van der Waals surface area contributed by atoms with Gasteiger partial charge in [-0.3, -0.25) is 0 Å². The molecule has 6 atom stereocenters. The first-order chi connectivity index (χ1) is 6.42. The van der Waals surface area contributed by atoms with Crippen LogP contribution in [0.1, 0.15) is 32.1 Å². The summed E-state index contributed by atoms with van der Waals surface area (Å²) in [5.74, 6) is 1.77. The summed E-state index contributed by atoms with van der Waals surface area (Å²) in [7, 11) is 0. The van der Waals surface area contributed by atoms with E-state index in [-0.39, 0.29) is 0 Å². The van der Waals surface area contributed by atoms with Gasteiger partial charge in [0.25, 0.3) is 0 Å². The zero-order chi connectivity index (χ0) is 8.41. The van der Waals surface area contributed by atoms with E-state index in [1.54, 1.807) is 0 Å². The Hall–Kier alpha value is -0.0800. The molecule has 72 valence electrons. The molecule has 4 fully saturated rings. The molecule has 6 unspecified atom stereocenters. The Morgan fingerprint density at radius 1 is 0.769 bits per heavy atom. The molecule has 0 spiro atoms. The monoisotopic (exact) mass is 180 g/mol. The molecule has 2 heteroatoms. The quantitative estimate of drug-likeness (QED) is 0.605. The van der Waals surface area contributed by atoms with Gasteiger partial charge in [0.1, 0.15) is 0 Å². The largest absolute Gasteiger partial charge is 0.369 e. The van der Waals surface area contributed by atoms with Crippen molar-refractivity contribution >= 4 is 0 Å². The maximum Gasteiger partial charge on any atom is 0.0870 e. The highest BCUT2D eigenvalue weighted by molar-refractivity contribution is 5.03. The van der Waals surface area contributed by atoms with Crippen molar-refractivity contribution in [1.82, 2.24) is 0 Å². The molecule has 4 rings (SSSR count). The van der Waals surface area contributed by atoms with Crippen molar-refractivity contribution in [2.24, 2.45) is 11.8 Å². The normalized spacial score (nSPS) is 61.8. The van der Waals surface area contributed by atoms with Crippen molar-refractivity contribution in [1.29, 1.82) is 0 Å². The van der Waals surface area contributed by atoms with Gasteiger partial charge in [0.15, 0.2) is 0 Å². The van der Waals surface area contributed by atoms with Gasteiger partial charge in [0.05, 0.1) is 24.4 Å². The predicted molar refractivity (Wildman–Crippen MR) is 47.4 cm³/mol. The van der Waals surface area contributed by atoms with E-state index in [1.807, 2.05) is 0 Å². The number of hydrogen-bond donors (Lipinski definition) is 0. The molecule has 13 heavy (non-hydrogen) atoms. The standard InChI is InChI=1S/C11H16O2/c1-3-8-10(12-8)6(1)5-7-2-4-9-11(7)13-9/h6-11H,1-5H2. The van der Waals surface area contributed by atoms with Gasteiger partial charge in [0.2, 0.25) is 0 Å². The van der Waals surface area contributed by atoms with Crippen molar-refractivity contribution in [2.45, 2.75) is 56.5 Å². The summed E-state index contributed by atoms with van der Waals surface area (Å²) in [6.07, 6.45) is 9.56. The van der Waals surface area contributed by atoms with Gasteiger partial charge >= 0.3 is 0 Å². The van der Waals surface area contributed by atoms with Crippen LogP contribution in [-0.2, 0) is 9.47 Å². The Bertz CT molecular complexity index is 216. The molecule has 2 saturated heterocycles. The van der Waals surface area contributed by atoms with Gasteiger partial charge in [-0.25, -0.2) is 0 Å². The van der Waals surface area contributed by atoms with E-state index in [1.165, 1.54) is 32.1 Å². The molecule has 0 aromatic heterocycles. The summed E-state index contributed by atoms with van der Waals surface area (Å²) in [6, 6.07) is 0. The van der Waals surface area contributed by atoms with E-state index in [2.05, 4.69) is 0 Å². The fraction of sp³-hybridized carbons (Fsp3) is 1.00. The Morgan fingerprint density at radius 2 is 1.31 bits per heavy atom. The van der Waals surface area contributed by atoms with Gasteiger partial charge in [-0.05, 0) is 43.9 Å². The van der Waals surface area contributed by atoms with Crippen molar-refractivity contribution in [3.05, 3.63) is 0 Å². The van der Waals surface area contributed by atoms with Crippen molar-refractivity contribution < 1.29 is 9.47 Å². The lowest BCUT2D eigenvalue weighted by molar-refractivity contribution is 0.199. The summed E-state index contributed by atoms with van der Waals surface area (Å²) in [6.45, 7) is 0. The first-order valence-corrected chi connectivity index (χ1v) is 5.73. The zero-order valence-electron chi connectivity index (χ0n) is 7.82. The van der Waals surface area contributed by atoms with Crippen LogP contribution in [0.3, 0.4) is 0 Å². The van der Waals surface area contributed by atoms with Gasteiger partial charge in [-0.1, -0.05) is 0 Å². The Morgan fingerprint density at radius 3 is 1.62 bits per heavy atom. The lowest BCUT2D eigenvalue weighted by atomic mass is 9.91. The predicted octanol–water partition coefficient (Wildman–Crippen LogP) is 1.73. The molecule has 0 amide bonds. The van der Waals surface area contributed by atoms with Gasteiger partial charge in [-0.15, -0.1) is 0 Å². The highest BCUT2D eigenvalue weighted by Gasteiger charge is 2.55. The van der Waals surface area contributed by atoms with Crippen LogP contribution in [0.5, 0.6) is 0 Å². The first kappa shape index (κ1) is 7.24. The van der Waals surface area contributed by atoms with Gasteiger partial charge in [0, 0.05) is 0 Å². The van der Waals surface area contributed by atoms with E-state index >= 15 is 0 Å². The molecule has 2 aliphatic carbocycles. The van der Waals surface area contributed by atoms with E-state index in [4.69, 9.17) is 9.47 Å². The maximum atomic E-state index is 5.58. The highest BCUT2D eigenvalue weighted by atomic mass is 16.6. The third-order valence-electron chi connectivity index (χ3n) is 4.42. The Balaban J connectivity index is 1.41. The second kappa shape index (κ2) is 2.29. The van der Waals surface area contributed by atoms with Gasteiger partial charge < -0.3 is 9.47 Å². The zero-order valence-corrected chi connectivity index (χ0v) is 7.82. The summed E-state index contributed by atoms with van der Waals surface area (Å²) in [5.41, 5.74) is 0. The average Bonchev–Trinajstić information content (AvgIpc) is 3.03. The molecule has 0 bridgehead atoms. The minimum absolute atomic E-state index is 0.665. The molecule has 2 nitrogen and oxygen atoms in total. The Kier molecular flexibility index (Phi) is 1.28. The molecular formula is C11H16O2. The van der Waals surface area contributed by atoms with Crippen LogP contribution in [0.15, 0.2) is 0 Å². The smallest absolute Gasteiger partial charge is 0.0870 e. The second-order valence-corrected chi connectivity index (χ2v) is 5.19. The number of hydrogen-bond acceptors (Lipinski definition) is 2. The maximum absolute atomic E-state index is 5.58. The molecular weight excluding hydrogens is 164 g/mol. The summed E-state index contributed by atoms with van der Waals surface area (Å²) < 4.78 is 11.2. The fourth-order valence-electron chi connectivity index (χ4n) is 3.58. The number of ether oxygens (including phenoxy) is 2. The van der Waals surface area contributed by atoms with E-state index in [9.17, 15) is 0 Å². The van der Waals surface area contributed by atoms with Crippen molar-refractivity contribution in [3.63, 3.8) is 0 Å². The fourth-order valence-corrected chi connectivity index (χ4v) is 3.58. The van der Waals surface area contributed by atoms with E-state index in [0.29, 0.717) is 24.4 Å². The topological polar surface area (TPSA) is 25.1 Å². The molecule has 0 aromatic rings. The van der Waals surface area contributed by atoms with Crippen LogP contribution in [0.25, 0.3) is 0 Å². The van der Waals surface area contributed by atoms with Crippen LogP contribution in [-0.4, -0.2) is 24.4 Å². The van der Waals surface area contributed by atoms with Crippen LogP contribution < -0.4 is 0 Å². The van der Waals surface area contributed by atoms with Crippen molar-refractivity contribution in [3.8, 4) is 0 Å². The van der Waals surface area contributed by atoms with Crippen LogP contribution >= 0.6 is 0 Å². The molecule has 2 heterocycles. The minimum atomic E-state index is 0.665. The lowest BCUT2D eigenvalue weighted by Crippen LogP contribution is -2.13. The molecule has 0 aromatic carbocycles. The number of fused-ring (bicyclic) bond motifs is 2. The average molecular weight is 180 g/mol. The van der Waals surface area contributed by atoms with Crippen LogP contribution in [0.2, 0.25) is 0 Å². The molecule has 4 aliphatic rings. The van der Waals surface area contributed by atoms with Crippen LogP contribution in [0.4, 0.5) is 0 Å². The molecule has 2 saturated carbocycles. The highest BCUT2D eigenvalue weighted by Crippen LogP contribution is 2.51. The molecule has 0 radical (unpaired) electrons. The van der Waals surface area contributed by atoms with Gasteiger partial charge in [-0.2, -0.15) is 0 Å². The minimum Gasteiger partial charge on any atom is -0.369 e. The van der Waals surface area contributed by atoms with E-state index in [0.717, 1.165) is 11.8 Å². The van der Waals surface area contributed by atoms with Crippen molar-refractivity contribution in [2.75, 3.05) is 0 Å². The number of rotatable bonds is 2. The second-order valence-electron chi connectivity index (χ2n) is 5.19. The lowest BCUT2D eigenvalue weighted by Gasteiger charge is -2.16. The van der Waals surface area contributed by atoms with E-state index < -0.39 is 0 Å². The number of epoxide rings is 2. The molecule has 0 N–H and O–H groups in total. The summed E-state index contributed by atoms with van der Waals surface area (Å²) in [4.78, 5) is 0. The summed E-state index contributed by atoms with van der Waals surface area (Å²) >= 11 is 0.